The van der Waals surface area contributed by atoms with Crippen molar-refractivity contribution in [2.24, 2.45) is 5.14 Å². The van der Waals surface area contributed by atoms with Crippen LogP contribution in [-0.2, 0) is 10.0 Å². The molecule has 0 radical (unpaired) electrons. The van der Waals surface area contributed by atoms with E-state index in [-0.39, 0.29) is 10.9 Å². The SMILES string of the molecule is C[C@@H](Nc1ccnc2ccccc12)c1cccc(S(N)(=O)=O)c1. The van der Waals surface area contributed by atoms with Crippen LogP contribution in [0.3, 0.4) is 0 Å². The molecule has 6 heteroatoms. The minimum Gasteiger partial charge on any atom is -0.378 e. The van der Waals surface area contributed by atoms with Gasteiger partial charge in [-0.3, -0.25) is 4.98 Å². The summed E-state index contributed by atoms with van der Waals surface area (Å²) in [5, 5.41) is 9.62. The quantitative estimate of drug-likeness (QED) is 0.771. The van der Waals surface area contributed by atoms with Crippen molar-refractivity contribution in [3.63, 3.8) is 0 Å². The molecule has 0 aliphatic rings. The maximum Gasteiger partial charge on any atom is 0.238 e. The Hall–Kier alpha value is -2.44. The number of nitrogens with zero attached hydrogens (tertiary/aromatic N) is 1. The van der Waals surface area contributed by atoms with Crippen molar-refractivity contribution in [2.45, 2.75) is 17.9 Å². The number of nitrogens with two attached hydrogens (primary N) is 1. The molecule has 23 heavy (non-hydrogen) atoms. The first kappa shape index (κ1) is 15.5. The second kappa shape index (κ2) is 5.98. The Bertz CT molecular complexity index is 949. The number of hydrogen-bond donors (Lipinski definition) is 2. The molecule has 0 saturated carbocycles. The molecule has 0 spiro atoms. The molecule has 0 fully saturated rings. The first-order chi connectivity index (χ1) is 10.9. The fourth-order valence-corrected chi connectivity index (χ4v) is 3.07. The zero-order valence-corrected chi connectivity index (χ0v) is 13.4. The smallest absolute Gasteiger partial charge is 0.238 e. The van der Waals surface area contributed by atoms with Crippen molar-refractivity contribution in [3.05, 3.63) is 66.4 Å². The number of aromatic nitrogens is 1. The van der Waals surface area contributed by atoms with E-state index in [1.54, 1.807) is 18.3 Å². The molecule has 0 bridgehead atoms. The molecule has 118 valence electrons. The van der Waals surface area contributed by atoms with E-state index in [0.717, 1.165) is 22.2 Å². The summed E-state index contributed by atoms with van der Waals surface area (Å²) < 4.78 is 23.0. The van der Waals surface area contributed by atoms with Crippen LogP contribution in [0.1, 0.15) is 18.5 Å². The Morgan fingerprint density at radius 3 is 2.65 bits per heavy atom. The topological polar surface area (TPSA) is 85.1 Å². The Kier molecular flexibility index (Phi) is 4.02. The number of hydrogen-bond acceptors (Lipinski definition) is 4. The molecule has 0 unspecified atom stereocenters. The lowest BCUT2D eigenvalue weighted by Gasteiger charge is -2.17. The average molecular weight is 327 g/mol. The summed E-state index contributed by atoms with van der Waals surface area (Å²) in [7, 11) is -3.70. The number of benzene rings is 2. The summed E-state index contributed by atoms with van der Waals surface area (Å²) >= 11 is 0. The molecule has 5 nitrogen and oxygen atoms in total. The van der Waals surface area contributed by atoms with Gasteiger partial charge in [0, 0.05) is 23.3 Å². The van der Waals surface area contributed by atoms with Crippen LogP contribution in [-0.4, -0.2) is 13.4 Å². The molecule has 1 heterocycles. The van der Waals surface area contributed by atoms with Crippen molar-refractivity contribution in [3.8, 4) is 0 Å². The highest BCUT2D eigenvalue weighted by atomic mass is 32.2. The molecule has 1 aromatic heterocycles. The number of nitrogens with one attached hydrogen (secondary N) is 1. The minimum atomic E-state index is -3.70. The van der Waals surface area contributed by atoms with Gasteiger partial charge in [0.05, 0.1) is 10.4 Å². The van der Waals surface area contributed by atoms with Crippen LogP contribution in [0, 0.1) is 0 Å². The van der Waals surface area contributed by atoms with Crippen LogP contribution < -0.4 is 10.5 Å². The highest BCUT2D eigenvalue weighted by Crippen LogP contribution is 2.26. The summed E-state index contributed by atoms with van der Waals surface area (Å²) in [5.74, 6) is 0. The predicted molar refractivity (Wildman–Crippen MR) is 91.6 cm³/mol. The summed E-state index contributed by atoms with van der Waals surface area (Å²) in [6, 6.07) is 16.3. The summed E-state index contributed by atoms with van der Waals surface area (Å²) in [6.07, 6.45) is 1.75. The monoisotopic (exact) mass is 327 g/mol. The molecule has 0 saturated heterocycles. The van der Waals surface area contributed by atoms with Gasteiger partial charge < -0.3 is 5.32 Å². The van der Waals surface area contributed by atoms with Crippen molar-refractivity contribution in [2.75, 3.05) is 5.32 Å². The predicted octanol–water partition coefficient (Wildman–Crippen LogP) is 3.06. The lowest BCUT2D eigenvalue weighted by Crippen LogP contribution is -2.13. The molecule has 3 rings (SSSR count). The zero-order chi connectivity index (χ0) is 16.4. The van der Waals surface area contributed by atoms with Crippen molar-refractivity contribution >= 4 is 26.6 Å². The number of primary sulfonamides is 1. The summed E-state index contributed by atoms with van der Waals surface area (Å²) in [6.45, 7) is 1.97. The van der Waals surface area contributed by atoms with Gasteiger partial charge in [-0.05, 0) is 36.8 Å². The van der Waals surface area contributed by atoms with E-state index in [2.05, 4.69) is 10.3 Å². The highest BCUT2D eigenvalue weighted by Gasteiger charge is 2.12. The van der Waals surface area contributed by atoms with Crippen LogP contribution >= 0.6 is 0 Å². The Morgan fingerprint density at radius 1 is 1.09 bits per heavy atom. The zero-order valence-electron chi connectivity index (χ0n) is 12.6. The Morgan fingerprint density at radius 2 is 1.87 bits per heavy atom. The molecule has 2 aromatic carbocycles. The van der Waals surface area contributed by atoms with E-state index in [1.807, 2.05) is 43.3 Å². The summed E-state index contributed by atoms with van der Waals surface area (Å²) in [5.41, 5.74) is 2.70. The second-order valence-electron chi connectivity index (χ2n) is 5.36. The van der Waals surface area contributed by atoms with Crippen molar-refractivity contribution in [1.29, 1.82) is 0 Å². The lowest BCUT2D eigenvalue weighted by molar-refractivity contribution is 0.597. The third kappa shape index (κ3) is 3.33. The fourth-order valence-electron chi connectivity index (χ4n) is 2.50. The largest absolute Gasteiger partial charge is 0.378 e. The molecule has 0 amide bonds. The summed E-state index contributed by atoms with van der Waals surface area (Å²) in [4.78, 5) is 4.45. The molecule has 1 atom stereocenters. The van der Waals surface area contributed by atoms with Crippen molar-refractivity contribution < 1.29 is 8.42 Å². The number of para-hydroxylation sites is 1. The number of anilines is 1. The van der Waals surface area contributed by atoms with E-state index in [1.165, 1.54) is 6.07 Å². The van der Waals surface area contributed by atoms with Crippen molar-refractivity contribution in [1.82, 2.24) is 4.98 Å². The molecule has 0 aliphatic heterocycles. The van der Waals surface area contributed by atoms with Crippen LogP contribution in [0.15, 0.2) is 65.7 Å². The van der Waals surface area contributed by atoms with Gasteiger partial charge in [-0.15, -0.1) is 0 Å². The third-order valence-electron chi connectivity index (χ3n) is 3.71. The lowest BCUT2D eigenvalue weighted by atomic mass is 10.1. The molecule has 0 aliphatic carbocycles. The number of fused-ring (bicyclic) bond motifs is 1. The van der Waals surface area contributed by atoms with Gasteiger partial charge in [0.1, 0.15) is 0 Å². The van der Waals surface area contributed by atoms with Gasteiger partial charge in [0.25, 0.3) is 0 Å². The maximum atomic E-state index is 11.5. The van der Waals surface area contributed by atoms with Gasteiger partial charge in [-0.2, -0.15) is 0 Å². The standard InChI is InChI=1S/C17H17N3O2S/c1-12(13-5-4-6-14(11-13)23(18,21)22)20-17-9-10-19-16-8-3-2-7-15(16)17/h2-12H,1H3,(H,19,20)(H2,18,21,22)/t12-/m1/s1. The third-order valence-corrected chi connectivity index (χ3v) is 4.62. The van der Waals surface area contributed by atoms with Gasteiger partial charge >= 0.3 is 0 Å². The first-order valence-electron chi connectivity index (χ1n) is 7.18. The van der Waals surface area contributed by atoms with E-state index in [9.17, 15) is 8.42 Å². The normalized spacial score (nSPS) is 13.0. The second-order valence-corrected chi connectivity index (χ2v) is 6.92. The minimum absolute atomic E-state index is 0.0810. The van der Waals surface area contributed by atoms with Gasteiger partial charge in [0.15, 0.2) is 0 Å². The van der Waals surface area contributed by atoms with Gasteiger partial charge in [-0.25, -0.2) is 13.6 Å². The molecular formula is C17H17N3O2S. The molecule has 3 N–H and O–H groups in total. The van der Waals surface area contributed by atoms with Crippen LogP contribution in [0.4, 0.5) is 5.69 Å². The molecular weight excluding hydrogens is 310 g/mol. The molecule has 3 aromatic rings. The average Bonchev–Trinajstić information content (AvgIpc) is 2.54. The number of pyridine rings is 1. The number of sulfonamides is 1. The number of rotatable bonds is 4. The van der Waals surface area contributed by atoms with E-state index in [0.29, 0.717) is 0 Å². The van der Waals surface area contributed by atoms with Crippen LogP contribution in [0.2, 0.25) is 0 Å². The van der Waals surface area contributed by atoms with Gasteiger partial charge in [0.2, 0.25) is 10.0 Å². The maximum absolute atomic E-state index is 11.5. The van der Waals surface area contributed by atoms with E-state index in [4.69, 9.17) is 5.14 Å². The first-order valence-corrected chi connectivity index (χ1v) is 8.73. The highest BCUT2D eigenvalue weighted by molar-refractivity contribution is 7.89. The van der Waals surface area contributed by atoms with E-state index < -0.39 is 10.0 Å². The van der Waals surface area contributed by atoms with Crippen LogP contribution in [0.25, 0.3) is 10.9 Å². The van der Waals surface area contributed by atoms with Gasteiger partial charge in [-0.1, -0.05) is 30.3 Å². The Balaban J connectivity index is 1.94. The van der Waals surface area contributed by atoms with Crippen LogP contribution in [0.5, 0.6) is 0 Å². The Labute approximate surface area is 135 Å². The van der Waals surface area contributed by atoms with E-state index >= 15 is 0 Å². The fraction of sp³-hybridized carbons (Fsp3) is 0.118.